The van der Waals surface area contributed by atoms with Crippen LogP contribution in [-0.4, -0.2) is 64.6 Å². The molecule has 4 atom stereocenters. The molecule has 11 heteroatoms. The van der Waals surface area contributed by atoms with E-state index in [9.17, 15) is 5.11 Å². The number of hydrogen-bond donors (Lipinski definition) is 2. The number of aliphatic hydroxyl groups is 1. The number of nitrogens with one attached hydrogen (secondary N) is 1. The summed E-state index contributed by atoms with van der Waals surface area (Å²) in [5, 5.41) is 14.0. The molecule has 2 aliphatic rings. The average molecular weight is 535 g/mol. The Kier molecular flexibility index (Phi) is 6.15. The molecule has 3 aromatic rings. The fourth-order valence-corrected chi connectivity index (χ4v) is 5.16. The van der Waals surface area contributed by atoms with Crippen LogP contribution in [-0.2, 0) is 20.8 Å². The Hall–Kier alpha value is -2.44. The van der Waals surface area contributed by atoms with Crippen LogP contribution in [0.1, 0.15) is 25.6 Å². The van der Waals surface area contributed by atoms with Crippen LogP contribution >= 0.6 is 15.9 Å². The van der Waals surface area contributed by atoms with Crippen molar-refractivity contribution < 1.29 is 28.8 Å². The summed E-state index contributed by atoms with van der Waals surface area (Å²) in [5.41, 5.74) is 1.62. The first kappa shape index (κ1) is 23.3. The fourth-order valence-electron chi connectivity index (χ4n) is 4.57. The van der Waals surface area contributed by atoms with Crippen molar-refractivity contribution in [3.8, 4) is 11.5 Å². The van der Waals surface area contributed by atoms with E-state index in [4.69, 9.17) is 23.7 Å². The first-order valence-electron chi connectivity index (χ1n) is 10.9. The second-order valence-corrected chi connectivity index (χ2v) is 9.50. The van der Waals surface area contributed by atoms with Crippen molar-refractivity contribution in [1.29, 1.82) is 0 Å². The van der Waals surface area contributed by atoms with Crippen molar-refractivity contribution in [3.05, 3.63) is 40.8 Å². The number of aromatic nitrogens is 3. The van der Waals surface area contributed by atoms with Gasteiger partial charge in [0.05, 0.1) is 26.2 Å². The quantitative estimate of drug-likeness (QED) is 0.472. The summed E-state index contributed by atoms with van der Waals surface area (Å²) in [6.07, 6.45) is 1.64. The molecule has 5 rings (SSSR count). The van der Waals surface area contributed by atoms with Crippen molar-refractivity contribution in [2.24, 2.45) is 0 Å². The summed E-state index contributed by atoms with van der Waals surface area (Å²) >= 11 is 3.66. The predicted octanol–water partition coefficient (Wildman–Crippen LogP) is 3.23. The SMILES string of the molecule is COc1ccc(CNc2ncnc3c2c(Br)cn3[C@@H]2O[C@H](CO)[C@H]3OC(C)(C)O[C@H]32)c(OC)c1. The zero-order valence-corrected chi connectivity index (χ0v) is 20.9. The highest BCUT2D eigenvalue weighted by atomic mass is 79.9. The van der Waals surface area contributed by atoms with Gasteiger partial charge in [0.1, 0.15) is 47.6 Å². The molecule has 0 bridgehead atoms. The maximum absolute atomic E-state index is 9.83. The number of rotatable bonds is 7. The highest BCUT2D eigenvalue weighted by Crippen LogP contribution is 2.45. The van der Waals surface area contributed by atoms with Gasteiger partial charge in [0, 0.05) is 28.8 Å². The van der Waals surface area contributed by atoms with Gasteiger partial charge in [-0.3, -0.25) is 0 Å². The van der Waals surface area contributed by atoms with E-state index < -0.39 is 18.1 Å². The molecule has 0 radical (unpaired) electrons. The van der Waals surface area contributed by atoms with E-state index >= 15 is 0 Å². The van der Waals surface area contributed by atoms with Gasteiger partial charge in [-0.05, 0) is 41.9 Å². The lowest BCUT2D eigenvalue weighted by atomic mass is 10.1. The molecule has 4 heterocycles. The Morgan fingerprint density at radius 1 is 1.18 bits per heavy atom. The third-order valence-corrected chi connectivity index (χ3v) is 6.68. The number of aliphatic hydroxyl groups excluding tert-OH is 1. The largest absolute Gasteiger partial charge is 0.497 e. The molecule has 0 saturated carbocycles. The molecule has 2 aliphatic heterocycles. The van der Waals surface area contributed by atoms with Crippen LogP contribution in [0.5, 0.6) is 11.5 Å². The Labute approximate surface area is 205 Å². The van der Waals surface area contributed by atoms with Gasteiger partial charge >= 0.3 is 0 Å². The summed E-state index contributed by atoms with van der Waals surface area (Å²) in [4.78, 5) is 8.99. The van der Waals surface area contributed by atoms with E-state index in [1.54, 1.807) is 14.2 Å². The summed E-state index contributed by atoms with van der Waals surface area (Å²) < 4.78 is 31.8. The summed E-state index contributed by atoms with van der Waals surface area (Å²) in [5.74, 6) is 1.34. The highest BCUT2D eigenvalue weighted by molar-refractivity contribution is 9.10. The van der Waals surface area contributed by atoms with Gasteiger partial charge in [-0.25, -0.2) is 9.97 Å². The van der Waals surface area contributed by atoms with E-state index in [0.29, 0.717) is 18.0 Å². The van der Waals surface area contributed by atoms with E-state index in [1.807, 2.05) is 42.8 Å². The van der Waals surface area contributed by atoms with Crippen molar-refractivity contribution in [2.45, 2.75) is 50.7 Å². The predicted molar refractivity (Wildman–Crippen MR) is 127 cm³/mol. The minimum absolute atomic E-state index is 0.164. The van der Waals surface area contributed by atoms with Crippen LogP contribution in [0.4, 0.5) is 5.82 Å². The van der Waals surface area contributed by atoms with Gasteiger partial charge in [-0.15, -0.1) is 0 Å². The first-order valence-corrected chi connectivity index (χ1v) is 11.7. The third-order valence-electron chi connectivity index (χ3n) is 6.08. The van der Waals surface area contributed by atoms with Gasteiger partial charge < -0.3 is 38.7 Å². The van der Waals surface area contributed by atoms with Crippen molar-refractivity contribution >= 4 is 32.8 Å². The average Bonchev–Trinajstić information content (AvgIpc) is 3.45. The van der Waals surface area contributed by atoms with E-state index in [2.05, 4.69) is 31.2 Å². The van der Waals surface area contributed by atoms with Crippen LogP contribution in [0.25, 0.3) is 11.0 Å². The van der Waals surface area contributed by atoms with Gasteiger partial charge in [0.25, 0.3) is 0 Å². The Bertz CT molecular complexity index is 1200. The lowest BCUT2D eigenvalue weighted by Crippen LogP contribution is -2.31. The summed E-state index contributed by atoms with van der Waals surface area (Å²) in [6, 6.07) is 5.68. The fraction of sp³-hybridized carbons (Fsp3) is 0.478. The zero-order valence-electron chi connectivity index (χ0n) is 19.3. The minimum atomic E-state index is -0.760. The molecule has 2 N–H and O–H groups in total. The number of ether oxygens (including phenoxy) is 5. The monoisotopic (exact) mass is 534 g/mol. The number of fused-ring (bicyclic) bond motifs is 2. The molecular formula is C23H27BrN4O6. The lowest BCUT2D eigenvalue weighted by molar-refractivity contribution is -0.199. The van der Waals surface area contributed by atoms with Crippen LogP contribution in [0.3, 0.4) is 0 Å². The van der Waals surface area contributed by atoms with Gasteiger partial charge in [0.2, 0.25) is 0 Å². The molecular weight excluding hydrogens is 508 g/mol. The second-order valence-electron chi connectivity index (χ2n) is 8.65. The molecule has 0 amide bonds. The summed E-state index contributed by atoms with van der Waals surface area (Å²) in [6.45, 7) is 4.04. The smallest absolute Gasteiger partial charge is 0.164 e. The standard InChI is InChI=1S/C23H27BrN4O6/c1-23(2)33-18-16(10-29)32-22(19(18)34-23)28-9-14(24)17-20(26-11-27-21(17)28)25-8-12-5-6-13(30-3)7-15(12)31-4/h5-7,9,11,16,18-19,22,29H,8,10H2,1-4H3,(H,25,26,27)/t16-,18-,19-,22-/m1/s1. The molecule has 34 heavy (non-hydrogen) atoms. The lowest BCUT2D eigenvalue weighted by Gasteiger charge is -2.24. The van der Waals surface area contributed by atoms with Crippen molar-refractivity contribution in [2.75, 3.05) is 26.1 Å². The number of anilines is 1. The Morgan fingerprint density at radius 3 is 2.71 bits per heavy atom. The molecule has 2 saturated heterocycles. The van der Waals surface area contributed by atoms with E-state index in [0.717, 1.165) is 26.9 Å². The van der Waals surface area contributed by atoms with Gasteiger partial charge in [-0.2, -0.15) is 0 Å². The molecule has 182 valence electrons. The van der Waals surface area contributed by atoms with E-state index in [-0.39, 0.29) is 18.8 Å². The molecule has 2 aromatic heterocycles. The zero-order chi connectivity index (χ0) is 24.0. The maximum atomic E-state index is 9.83. The first-order chi connectivity index (χ1) is 16.3. The van der Waals surface area contributed by atoms with Crippen LogP contribution in [0.2, 0.25) is 0 Å². The molecule has 0 aliphatic carbocycles. The Morgan fingerprint density at radius 2 is 1.97 bits per heavy atom. The van der Waals surface area contributed by atoms with Crippen molar-refractivity contribution in [1.82, 2.24) is 14.5 Å². The molecule has 10 nitrogen and oxygen atoms in total. The third kappa shape index (κ3) is 4.01. The van der Waals surface area contributed by atoms with Crippen LogP contribution < -0.4 is 14.8 Å². The second kappa shape index (κ2) is 8.97. The van der Waals surface area contributed by atoms with Crippen molar-refractivity contribution in [3.63, 3.8) is 0 Å². The number of methoxy groups -OCH3 is 2. The van der Waals surface area contributed by atoms with Crippen LogP contribution in [0, 0.1) is 0 Å². The van der Waals surface area contributed by atoms with Crippen LogP contribution in [0.15, 0.2) is 35.2 Å². The number of halogens is 1. The molecule has 0 spiro atoms. The molecule has 2 fully saturated rings. The maximum Gasteiger partial charge on any atom is 0.164 e. The molecule has 1 aromatic carbocycles. The number of nitrogens with zero attached hydrogens (tertiary/aromatic N) is 3. The van der Waals surface area contributed by atoms with Gasteiger partial charge in [0.15, 0.2) is 12.0 Å². The number of benzene rings is 1. The van der Waals surface area contributed by atoms with Gasteiger partial charge in [-0.1, -0.05) is 0 Å². The normalized spacial score (nSPS) is 25.5. The minimum Gasteiger partial charge on any atom is -0.497 e. The Balaban J connectivity index is 1.46. The molecule has 0 unspecified atom stereocenters. The number of hydrogen-bond acceptors (Lipinski definition) is 9. The van der Waals surface area contributed by atoms with E-state index in [1.165, 1.54) is 6.33 Å². The highest BCUT2D eigenvalue weighted by Gasteiger charge is 2.56. The topological polar surface area (TPSA) is 109 Å². The summed E-state index contributed by atoms with van der Waals surface area (Å²) in [7, 11) is 3.25.